The SMILES string of the molecule is C=CCCCCOC(=O)[C@@H]1[C@H]2C(=O)N([C@@H](CO)Cc3ccccc3)C(C(=O)N(CC=C)CCN3CCOCC3)C23CC[C@@]1(C)O3. The molecule has 0 aromatic heterocycles. The Morgan fingerprint density at radius 1 is 1.16 bits per heavy atom. The van der Waals surface area contributed by atoms with Gasteiger partial charge in [0.2, 0.25) is 11.8 Å². The number of amides is 2. The van der Waals surface area contributed by atoms with Crippen LogP contribution in [0.5, 0.6) is 0 Å². The molecule has 2 unspecified atom stereocenters. The molecule has 10 nitrogen and oxygen atoms in total. The quantitative estimate of drug-likeness (QED) is 0.170. The minimum Gasteiger partial charge on any atom is -0.465 e. The number of morpholine rings is 1. The number of aliphatic hydroxyl groups excluding tert-OH is 1. The number of nitrogens with zero attached hydrogens (tertiary/aromatic N) is 3. The molecule has 1 aromatic rings. The Bertz CT molecular complexity index is 1220. The van der Waals surface area contributed by atoms with Crippen LogP contribution in [-0.4, -0.2) is 120 Å². The topological polar surface area (TPSA) is 109 Å². The van der Waals surface area contributed by atoms with Crippen molar-refractivity contribution in [2.45, 2.75) is 68.7 Å². The first-order valence-corrected chi connectivity index (χ1v) is 16.4. The number of benzene rings is 1. The highest BCUT2D eigenvalue weighted by molar-refractivity contribution is 5.98. The second-order valence-corrected chi connectivity index (χ2v) is 13.0. The molecule has 4 fully saturated rings. The molecule has 1 N–H and O–H groups in total. The molecular formula is C35H49N3O7. The van der Waals surface area contributed by atoms with E-state index in [1.54, 1.807) is 15.9 Å². The third-order valence-corrected chi connectivity index (χ3v) is 10.1. The van der Waals surface area contributed by atoms with Gasteiger partial charge in [-0.25, -0.2) is 0 Å². The van der Waals surface area contributed by atoms with Gasteiger partial charge in [0.15, 0.2) is 0 Å². The molecule has 2 bridgehead atoms. The van der Waals surface area contributed by atoms with E-state index in [0.717, 1.165) is 31.5 Å². The number of carbonyl (C=O) groups excluding carboxylic acids is 3. The van der Waals surface area contributed by atoms with E-state index in [1.165, 1.54) is 0 Å². The summed E-state index contributed by atoms with van der Waals surface area (Å²) in [5.41, 5.74) is -1.18. The zero-order valence-corrected chi connectivity index (χ0v) is 26.6. The van der Waals surface area contributed by atoms with E-state index in [0.29, 0.717) is 58.5 Å². The number of unbranched alkanes of at least 4 members (excludes halogenated alkanes) is 2. The first kappa shape index (κ1) is 33.3. The first-order chi connectivity index (χ1) is 21.8. The lowest BCUT2D eigenvalue weighted by Crippen LogP contribution is -2.60. The van der Waals surface area contributed by atoms with Crippen LogP contribution in [0.3, 0.4) is 0 Å². The Morgan fingerprint density at radius 2 is 1.91 bits per heavy atom. The van der Waals surface area contributed by atoms with Crippen molar-refractivity contribution >= 4 is 17.8 Å². The van der Waals surface area contributed by atoms with E-state index in [2.05, 4.69) is 18.1 Å². The Morgan fingerprint density at radius 3 is 2.60 bits per heavy atom. The Balaban J connectivity index is 1.47. The average molecular weight is 624 g/mol. The van der Waals surface area contributed by atoms with E-state index >= 15 is 0 Å². The third kappa shape index (κ3) is 6.61. The summed E-state index contributed by atoms with van der Waals surface area (Å²) in [6, 6.07) is 7.96. The second-order valence-electron chi connectivity index (χ2n) is 13.0. The van der Waals surface area contributed by atoms with Gasteiger partial charge in [0, 0.05) is 32.7 Å². The molecule has 1 spiro atoms. The largest absolute Gasteiger partial charge is 0.465 e. The van der Waals surface area contributed by atoms with Gasteiger partial charge in [-0.2, -0.15) is 0 Å². The van der Waals surface area contributed by atoms with Gasteiger partial charge in [-0.05, 0) is 51.0 Å². The predicted octanol–water partition coefficient (Wildman–Crippen LogP) is 2.60. The molecule has 4 saturated heterocycles. The van der Waals surface area contributed by atoms with Gasteiger partial charge in [0.1, 0.15) is 17.6 Å². The summed E-state index contributed by atoms with van der Waals surface area (Å²) in [7, 11) is 0. The molecule has 1 aromatic carbocycles. The number of hydrogen-bond donors (Lipinski definition) is 1. The molecule has 6 atom stereocenters. The molecule has 10 heteroatoms. The monoisotopic (exact) mass is 623 g/mol. The Kier molecular flexibility index (Phi) is 10.8. The summed E-state index contributed by atoms with van der Waals surface area (Å²) in [5, 5.41) is 10.7. The summed E-state index contributed by atoms with van der Waals surface area (Å²) in [4.78, 5) is 48.7. The van der Waals surface area contributed by atoms with Crippen LogP contribution in [0.4, 0.5) is 0 Å². The van der Waals surface area contributed by atoms with Crippen LogP contribution in [0.1, 0.15) is 44.6 Å². The van der Waals surface area contributed by atoms with Crippen molar-refractivity contribution in [3.63, 3.8) is 0 Å². The van der Waals surface area contributed by atoms with E-state index in [-0.39, 0.29) is 25.0 Å². The summed E-state index contributed by atoms with van der Waals surface area (Å²) >= 11 is 0. The maximum absolute atomic E-state index is 14.8. The minimum absolute atomic E-state index is 0.242. The number of allylic oxidation sites excluding steroid dienone is 1. The highest BCUT2D eigenvalue weighted by atomic mass is 16.6. The molecule has 4 aliphatic rings. The van der Waals surface area contributed by atoms with E-state index in [9.17, 15) is 19.5 Å². The molecule has 2 amide bonds. The number of aliphatic hydroxyl groups is 1. The number of hydrogen-bond acceptors (Lipinski definition) is 8. The van der Waals surface area contributed by atoms with Crippen molar-refractivity contribution in [3.05, 3.63) is 61.2 Å². The number of ether oxygens (including phenoxy) is 3. The fourth-order valence-corrected chi connectivity index (χ4v) is 7.89. The van der Waals surface area contributed by atoms with Crippen molar-refractivity contribution < 1.29 is 33.7 Å². The highest BCUT2D eigenvalue weighted by Crippen LogP contribution is 2.63. The lowest BCUT2D eigenvalue weighted by molar-refractivity contribution is -0.162. The van der Waals surface area contributed by atoms with E-state index in [4.69, 9.17) is 14.2 Å². The maximum Gasteiger partial charge on any atom is 0.312 e. The highest BCUT2D eigenvalue weighted by Gasteiger charge is 2.79. The molecule has 5 rings (SSSR count). The summed E-state index contributed by atoms with van der Waals surface area (Å²) in [5.74, 6) is -2.74. The molecule has 45 heavy (non-hydrogen) atoms. The third-order valence-electron chi connectivity index (χ3n) is 10.1. The maximum atomic E-state index is 14.8. The average Bonchev–Trinajstić information content (AvgIpc) is 3.63. The standard InChI is InChI=1S/C35H49N3O7/c1-4-6-7-11-21-44-33(42)29-28-31(40)38(27(25-39)24-26-12-9-8-10-13-26)30(35(28)15-14-34(29,3)45-35)32(41)37(16-5-2)18-17-36-19-22-43-23-20-36/h4-5,8-10,12-13,27-30,39H,1-2,6-7,11,14-25H2,3H3/t27-,28+,29+,30?,34-,35?/m1/s1. The van der Waals surface area contributed by atoms with Gasteiger partial charge in [-0.3, -0.25) is 19.3 Å². The van der Waals surface area contributed by atoms with Crippen LogP contribution in [0, 0.1) is 11.8 Å². The number of esters is 1. The summed E-state index contributed by atoms with van der Waals surface area (Å²) < 4.78 is 18.0. The van der Waals surface area contributed by atoms with Gasteiger partial charge >= 0.3 is 5.97 Å². The van der Waals surface area contributed by atoms with Crippen LogP contribution < -0.4 is 0 Å². The van der Waals surface area contributed by atoms with Crippen molar-refractivity contribution in [1.82, 2.24) is 14.7 Å². The number of rotatable bonds is 16. The zero-order valence-electron chi connectivity index (χ0n) is 26.6. The number of fused-ring (bicyclic) bond motifs is 1. The van der Waals surface area contributed by atoms with Crippen LogP contribution in [0.25, 0.3) is 0 Å². The van der Waals surface area contributed by atoms with Gasteiger partial charge in [0.25, 0.3) is 0 Å². The summed E-state index contributed by atoms with van der Waals surface area (Å²) in [6.45, 7) is 13.7. The normalized spacial score (nSPS) is 29.8. The molecule has 246 valence electrons. The Labute approximate surface area is 267 Å². The lowest BCUT2D eigenvalue weighted by atomic mass is 9.66. The van der Waals surface area contributed by atoms with Gasteiger partial charge in [-0.1, -0.05) is 42.5 Å². The lowest BCUT2D eigenvalue weighted by Gasteiger charge is -2.40. The van der Waals surface area contributed by atoms with E-state index < -0.39 is 41.1 Å². The molecule has 0 aliphatic carbocycles. The fraction of sp³-hybridized carbons (Fsp3) is 0.629. The number of likely N-dealkylation sites (tertiary alicyclic amines) is 1. The van der Waals surface area contributed by atoms with Crippen LogP contribution in [-0.2, 0) is 35.0 Å². The molecule has 0 radical (unpaired) electrons. The van der Waals surface area contributed by atoms with Gasteiger partial charge in [0.05, 0.1) is 44.0 Å². The second kappa shape index (κ2) is 14.6. The van der Waals surface area contributed by atoms with Crippen molar-refractivity contribution in [2.75, 3.05) is 59.2 Å². The molecular weight excluding hydrogens is 574 g/mol. The Hall–Kier alpha value is -3.05. The zero-order chi connectivity index (χ0) is 32.0. The smallest absolute Gasteiger partial charge is 0.312 e. The van der Waals surface area contributed by atoms with Gasteiger partial charge in [-0.15, -0.1) is 13.2 Å². The minimum atomic E-state index is -1.20. The molecule has 0 saturated carbocycles. The fourth-order valence-electron chi connectivity index (χ4n) is 7.89. The van der Waals surface area contributed by atoms with Crippen molar-refractivity contribution in [1.29, 1.82) is 0 Å². The van der Waals surface area contributed by atoms with Crippen LogP contribution >= 0.6 is 0 Å². The van der Waals surface area contributed by atoms with Gasteiger partial charge < -0.3 is 29.1 Å². The number of carbonyl (C=O) groups is 3. The van der Waals surface area contributed by atoms with E-state index in [1.807, 2.05) is 43.3 Å². The first-order valence-electron chi connectivity index (χ1n) is 16.4. The predicted molar refractivity (Wildman–Crippen MR) is 169 cm³/mol. The van der Waals surface area contributed by atoms with Crippen molar-refractivity contribution in [3.8, 4) is 0 Å². The van der Waals surface area contributed by atoms with Crippen LogP contribution in [0.2, 0.25) is 0 Å². The van der Waals surface area contributed by atoms with Crippen molar-refractivity contribution in [2.24, 2.45) is 11.8 Å². The van der Waals surface area contributed by atoms with Crippen LogP contribution in [0.15, 0.2) is 55.6 Å². The summed E-state index contributed by atoms with van der Waals surface area (Å²) in [6.07, 6.45) is 7.27. The molecule has 4 aliphatic heterocycles. The molecule has 4 heterocycles.